The number of nitrogens with one attached hydrogen (secondary N) is 1. The largest absolute Gasteiger partial charge is 0.493 e. The molecule has 38 heavy (non-hydrogen) atoms. The number of thiophene rings is 1. The molecule has 0 radical (unpaired) electrons. The van der Waals surface area contributed by atoms with Gasteiger partial charge in [0, 0.05) is 23.7 Å². The van der Waals surface area contributed by atoms with E-state index in [1.54, 1.807) is 53.6 Å². The van der Waals surface area contributed by atoms with Crippen LogP contribution in [0.2, 0.25) is 10.0 Å². The molecule has 10 heteroatoms. The zero-order valence-corrected chi connectivity index (χ0v) is 24.2. The smallest absolute Gasteiger partial charge is 0.322 e. The Labute approximate surface area is 238 Å². The molecule has 3 rings (SSSR count). The number of rotatable bonds is 13. The third kappa shape index (κ3) is 8.55. The number of carbonyl (C=O) groups is 2. The van der Waals surface area contributed by atoms with Crippen molar-refractivity contribution < 1.29 is 19.1 Å². The molecule has 0 bridgehead atoms. The van der Waals surface area contributed by atoms with Gasteiger partial charge >= 0.3 is 6.03 Å². The van der Waals surface area contributed by atoms with E-state index in [1.165, 1.54) is 0 Å². The molecule has 3 aromatic rings. The van der Waals surface area contributed by atoms with Gasteiger partial charge in [0.25, 0.3) is 0 Å². The van der Waals surface area contributed by atoms with Gasteiger partial charge in [0.15, 0.2) is 11.5 Å². The van der Waals surface area contributed by atoms with E-state index in [2.05, 4.69) is 5.32 Å². The zero-order valence-electron chi connectivity index (χ0n) is 21.8. The number of urea groups is 1. The van der Waals surface area contributed by atoms with Gasteiger partial charge in [-0.2, -0.15) is 0 Å². The minimum Gasteiger partial charge on any atom is -0.493 e. The molecule has 0 aliphatic heterocycles. The van der Waals surface area contributed by atoms with Crippen LogP contribution >= 0.6 is 34.5 Å². The molecule has 0 saturated heterocycles. The van der Waals surface area contributed by atoms with Crippen molar-refractivity contribution in [3.63, 3.8) is 0 Å². The van der Waals surface area contributed by atoms with Crippen LogP contribution in [-0.4, -0.2) is 55.6 Å². The fourth-order valence-corrected chi connectivity index (χ4v) is 4.84. The number of ether oxygens (including phenoxy) is 2. The molecule has 0 spiro atoms. The third-order valence-corrected chi connectivity index (χ3v) is 7.56. The van der Waals surface area contributed by atoms with Gasteiger partial charge in [-0.1, -0.05) is 48.7 Å². The lowest BCUT2D eigenvalue weighted by Gasteiger charge is -2.28. The van der Waals surface area contributed by atoms with Gasteiger partial charge in [-0.3, -0.25) is 4.79 Å². The Hall–Kier alpha value is -2.94. The molecular weight excluding hydrogens is 545 g/mol. The maximum absolute atomic E-state index is 13.6. The SMILES string of the molecule is CCCCN(CC(=O)N(CCc1ccc(OC)c(OC)c1)Cc1cccs1)C(=O)Nc1ccc(Cl)c(Cl)c1. The van der Waals surface area contributed by atoms with Crippen LogP contribution in [-0.2, 0) is 17.8 Å². The summed E-state index contributed by atoms with van der Waals surface area (Å²) in [7, 11) is 3.20. The van der Waals surface area contributed by atoms with Crippen molar-refractivity contribution >= 4 is 52.2 Å². The molecule has 7 nitrogen and oxygen atoms in total. The Morgan fingerprint density at radius 2 is 1.74 bits per heavy atom. The Balaban J connectivity index is 1.74. The fourth-order valence-electron chi connectivity index (χ4n) is 3.82. The van der Waals surface area contributed by atoms with Crippen molar-refractivity contribution in [2.45, 2.75) is 32.7 Å². The second kappa shape index (κ2) is 14.9. The number of carbonyl (C=O) groups excluding carboxylic acids is 2. The lowest BCUT2D eigenvalue weighted by molar-refractivity contribution is -0.132. The summed E-state index contributed by atoms with van der Waals surface area (Å²) in [6.07, 6.45) is 2.30. The molecule has 0 saturated carbocycles. The summed E-state index contributed by atoms with van der Waals surface area (Å²) in [4.78, 5) is 31.1. The lowest BCUT2D eigenvalue weighted by atomic mass is 10.1. The lowest BCUT2D eigenvalue weighted by Crippen LogP contribution is -2.45. The molecule has 2 aromatic carbocycles. The highest BCUT2D eigenvalue weighted by molar-refractivity contribution is 7.09. The Kier molecular flexibility index (Phi) is 11.6. The molecule has 0 fully saturated rings. The van der Waals surface area contributed by atoms with Gasteiger partial charge in [-0.25, -0.2) is 4.79 Å². The molecule has 1 aromatic heterocycles. The normalized spacial score (nSPS) is 10.7. The Morgan fingerprint density at radius 3 is 2.39 bits per heavy atom. The standard InChI is InChI=1S/C28H33Cl2N3O4S/c1-4-5-13-33(28(35)31-21-9-10-23(29)24(30)17-21)19-27(34)32(18-22-7-6-15-38-22)14-12-20-8-11-25(36-2)26(16-20)37-3/h6-11,15-17H,4-5,12-14,18-19H2,1-3H3,(H,31,35). The topological polar surface area (TPSA) is 71.1 Å². The number of amides is 3. The number of methoxy groups -OCH3 is 2. The van der Waals surface area contributed by atoms with E-state index in [0.29, 0.717) is 53.3 Å². The summed E-state index contributed by atoms with van der Waals surface area (Å²) in [5, 5.41) is 5.58. The van der Waals surface area contributed by atoms with Crippen LogP contribution in [0.25, 0.3) is 0 Å². The number of benzene rings is 2. The second-order valence-corrected chi connectivity index (χ2v) is 10.5. The molecule has 1 heterocycles. The molecule has 0 atom stereocenters. The number of hydrogen-bond acceptors (Lipinski definition) is 5. The highest BCUT2D eigenvalue weighted by Crippen LogP contribution is 2.28. The van der Waals surface area contributed by atoms with E-state index in [9.17, 15) is 9.59 Å². The van der Waals surface area contributed by atoms with Crippen LogP contribution in [0.15, 0.2) is 53.9 Å². The molecule has 204 valence electrons. The average Bonchev–Trinajstić information content (AvgIpc) is 3.43. The minimum atomic E-state index is -0.360. The maximum atomic E-state index is 13.6. The van der Waals surface area contributed by atoms with Crippen LogP contribution in [0.5, 0.6) is 11.5 Å². The monoisotopic (exact) mass is 577 g/mol. The summed E-state index contributed by atoms with van der Waals surface area (Å²) >= 11 is 13.7. The average molecular weight is 579 g/mol. The Morgan fingerprint density at radius 1 is 0.947 bits per heavy atom. The first kappa shape index (κ1) is 29.6. The van der Waals surface area contributed by atoms with Crippen LogP contribution in [0.1, 0.15) is 30.2 Å². The third-order valence-electron chi connectivity index (χ3n) is 5.96. The molecule has 0 unspecified atom stereocenters. The molecule has 3 amide bonds. The van der Waals surface area contributed by atoms with Crippen molar-refractivity contribution in [2.75, 3.05) is 39.2 Å². The summed E-state index contributed by atoms with van der Waals surface area (Å²) in [6.45, 7) is 3.42. The molecule has 0 aliphatic carbocycles. The van der Waals surface area contributed by atoms with Crippen LogP contribution < -0.4 is 14.8 Å². The van der Waals surface area contributed by atoms with E-state index in [1.807, 2.05) is 42.6 Å². The predicted octanol–water partition coefficient (Wildman–Crippen LogP) is 6.98. The van der Waals surface area contributed by atoms with Crippen molar-refractivity contribution in [3.05, 3.63) is 74.4 Å². The number of hydrogen-bond donors (Lipinski definition) is 1. The highest BCUT2D eigenvalue weighted by Gasteiger charge is 2.22. The van der Waals surface area contributed by atoms with E-state index >= 15 is 0 Å². The first-order valence-corrected chi connectivity index (χ1v) is 14.0. The van der Waals surface area contributed by atoms with Crippen molar-refractivity contribution in [1.29, 1.82) is 0 Å². The Bertz CT molecular complexity index is 1210. The van der Waals surface area contributed by atoms with Gasteiger partial charge in [-0.05, 0) is 60.2 Å². The minimum absolute atomic E-state index is 0.0372. The fraction of sp³-hybridized carbons (Fsp3) is 0.357. The number of anilines is 1. The summed E-state index contributed by atoms with van der Waals surface area (Å²) in [6, 6.07) is 14.3. The van der Waals surface area contributed by atoms with Gasteiger partial charge in [-0.15, -0.1) is 11.3 Å². The van der Waals surface area contributed by atoms with E-state index in [0.717, 1.165) is 23.3 Å². The first-order valence-electron chi connectivity index (χ1n) is 12.4. The van der Waals surface area contributed by atoms with E-state index in [-0.39, 0.29) is 18.5 Å². The number of halogens is 2. The van der Waals surface area contributed by atoms with Gasteiger partial charge in [0.2, 0.25) is 5.91 Å². The van der Waals surface area contributed by atoms with E-state index < -0.39 is 0 Å². The van der Waals surface area contributed by atoms with Crippen LogP contribution in [0, 0.1) is 0 Å². The summed E-state index contributed by atoms with van der Waals surface area (Å²) in [5.41, 5.74) is 1.54. The zero-order chi connectivity index (χ0) is 27.5. The van der Waals surface area contributed by atoms with Crippen LogP contribution in [0.3, 0.4) is 0 Å². The molecule has 0 aliphatic rings. The van der Waals surface area contributed by atoms with Gasteiger partial charge in [0.1, 0.15) is 6.54 Å². The first-order chi connectivity index (χ1) is 18.3. The molecular formula is C28H33Cl2N3O4S. The number of nitrogens with zero attached hydrogens (tertiary/aromatic N) is 2. The number of unbranched alkanes of at least 4 members (excludes halogenated alkanes) is 1. The van der Waals surface area contributed by atoms with Crippen molar-refractivity contribution in [2.24, 2.45) is 0 Å². The summed E-state index contributed by atoms with van der Waals surface area (Å²) in [5.74, 6) is 1.17. The predicted molar refractivity (Wildman–Crippen MR) is 155 cm³/mol. The summed E-state index contributed by atoms with van der Waals surface area (Å²) < 4.78 is 10.8. The highest BCUT2D eigenvalue weighted by atomic mass is 35.5. The van der Waals surface area contributed by atoms with Gasteiger partial charge in [0.05, 0.1) is 30.8 Å². The van der Waals surface area contributed by atoms with E-state index in [4.69, 9.17) is 32.7 Å². The maximum Gasteiger partial charge on any atom is 0.322 e. The second-order valence-electron chi connectivity index (χ2n) is 8.67. The van der Waals surface area contributed by atoms with Gasteiger partial charge < -0.3 is 24.6 Å². The van der Waals surface area contributed by atoms with Crippen LogP contribution in [0.4, 0.5) is 10.5 Å². The molecule has 1 N–H and O–H groups in total. The van der Waals surface area contributed by atoms with Crippen molar-refractivity contribution in [1.82, 2.24) is 9.80 Å². The van der Waals surface area contributed by atoms with Crippen molar-refractivity contribution in [3.8, 4) is 11.5 Å². The quantitative estimate of drug-likeness (QED) is 0.238.